The van der Waals surface area contributed by atoms with Gasteiger partial charge in [0.25, 0.3) is 5.91 Å². The van der Waals surface area contributed by atoms with Crippen molar-refractivity contribution in [2.24, 2.45) is 0 Å². The zero-order chi connectivity index (χ0) is 27.9. The van der Waals surface area contributed by atoms with Gasteiger partial charge in [0.15, 0.2) is 0 Å². The molecule has 1 atom stereocenters. The molecule has 1 aliphatic carbocycles. The lowest BCUT2D eigenvalue weighted by molar-refractivity contribution is -0.256. The lowest BCUT2D eigenvalue weighted by atomic mass is 9.62. The van der Waals surface area contributed by atoms with Crippen LogP contribution in [0, 0.1) is 6.92 Å². The molecule has 0 saturated heterocycles. The number of halogens is 6. The number of anilines is 1. The number of rotatable bonds is 5. The fourth-order valence-electron chi connectivity index (χ4n) is 5.30. The van der Waals surface area contributed by atoms with E-state index in [-0.39, 0.29) is 40.6 Å². The number of benzene rings is 2. The zero-order valence-corrected chi connectivity index (χ0v) is 20.2. The van der Waals surface area contributed by atoms with Crippen molar-refractivity contribution in [2.75, 3.05) is 5.32 Å². The Bertz CT molecular complexity index is 1410. The highest BCUT2D eigenvalue weighted by molar-refractivity contribution is 5.99. The third-order valence-corrected chi connectivity index (χ3v) is 7.21. The van der Waals surface area contributed by atoms with Crippen molar-refractivity contribution < 1.29 is 40.8 Å². The first kappa shape index (κ1) is 27.6. The molecule has 0 radical (unpaired) electrons. The normalized spacial score (nSPS) is 17.7. The van der Waals surface area contributed by atoms with Gasteiger partial charge >= 0.3 is 18.0 Å². The van der Waals surface area contributed by atoms with Crippen LogP contribution in [-0.2, 0) is 16.4 Å². The summed E-state index contributed by atoms with van der Waals surface area (Å²) in [6.45, 7) is 1.48. The molecule has 12 heteroatoms. The molecule has 1 amide bonds. The molecule has 4 rings (SSSR count). The highest BCUT2D eigenvalue weighted by Gasteiger charge is 2.63. The largest absolute Gasteiger partial charge is 0.426 e. The second-order valence-corrected chi connectivity index (χ2v) is 9.69. The second kappa shape index (κ2) is 9.72. The number of fused-ring (bicyclic) bond motifs is 1. The van der Waals surface area contributed by atoms with Crippen LogP contribution in [-0.4, -0.2) is 27.9 Å². The van der Waals surface area contributed by atoms with E-state index in [1.807, 2.05) is 5.32 Å². The highest BCUT2D eigenvalue weighted by Crippen LogP contribution is 2.51. The van der Waals surface area contributed by atoms with Crippen molar-refractivity contribution >= 4 is 22.4 Å². The van der Waals surface area contributed by atoms with Gasteiger partial charge in [0.2, 0.25) is 5.60 Å². The molecule has 0 bridgehead atoms. The summed E-state index contributed by atoms with van der Waals surface area (Å²) in [6.07, 6.45) is -10.5. The van der Waals surface area contributed by atoms with Crippen molar-refractivity contribution in [3.05, 3.63) is 69.7 Å². The first-order chi connectivity index (χ1) is 17.7. The molecule has 0 aliphatic heterocycles. The van der Waals surface area contributed by atoms with Gasteiger partial charge in [0.1, 0.15) is 0 Å². The quantitative estimate of drug-likeness (QED) is 0.384. The molecular formula is C26H24F6N2O4. The Labute approximate surface area is 212 Å². The predicted octanol–water partition coefficient (Wildman–Crippen LogP) is 6.04. The topological polar surface area (TPSA) is 92.4 Å². The minimum Gasteiger partial charge on any atom is -0.373 e. The summed E-state index contributed by atoms with van der Waals surface area (Å²) in [6, 6.07) is 7.94. The van der Waals surface area contributed by atoms with Gasteiger partial charge in [-0.3, -0.25) is 4.79 Å². The molecule has 2 aromatic carbocycles. The number of alkyl halides is 6. The number of nitrogens with zero attached hydrogens (tertiary/aromatic N) is 1. The maximum atomic E-state index is 14.4. The number of hydrogen-bond acceptors (Lipinski definition) is 5. The molecule has 6 nitrogen and oxygen atoms in total. The van der Waals surface area contributed by atoms with Crippen LogP contribution in [0.15, 0.2) is 51.8 Å². The van der Waals surface area contributed by atoms with Crippen LogP contribution < -0.4 is 10.9 Å². The number of carbonyl (C=O) groups excluding carboxylic acids is 1. The molecule has 204 valence electrons. The minimum absolute atomic E-state index is 0.0671. The first-order valence-corrected chi connectivity index (χ1v) is 11.9. The standard InChI is InChI=1S/C26H24F6N2O4/c1-15-18-13-16(9-10-17(18)21(35)38-34-15)33-22(36)24(37,26(30,31)32)14-23(11-5-2-6-12-23)19-7-3-4-8-20(19)25(27,28)29/h3-4,7-10,13,37H,2,5-6,11-12,14H2,1H3,(H,33,36). The zero-order valence-electron chi connectivity index (χ0n) is 20.2. The molecule has 1 aromatic heterocycles. The van der Waals surface area contributed by atoms with E-state index in [9.17, 15) is 41.0 Å². The Kier molecular flexibility index (Phi) is 7.06. The fourth-order valence-corrected chi connectivity index (χ4v) is 5.30. The number of aryl methyl sites for hydroxylation is 1. The third kappa shape index (κ3) is 5.01. The van der Waals surface area contributed by atoms with Gasteiger partial charge < -0.3 is 14.9 Å². The van der Waals surface area contributed by atoms with Gasteiger partial charge in [0.05, 0.1) is 16.6 Å². The Morgan fingerprint density at radius 2 is 1.68 bits per heavy atom. The van der Waals surface area contributed by atoms with Crippen molar-refractivity contribution in [2.45, 2.75) is 68.8 Å². The van der Waals surface area contributed by atoms with Crippen LogP contribution in [0.5, 0.6) is 0 Å². The van der Waals surface area contributed by atoms with E-state index in [1.54, 1.807) is 0 Å². The van der Waals surface area contributed by atoms with E-state index in [4.69, 9.17) is 0 Å². The Hall–Kier alpha value is -3.41. The Balaban J connectivity index is 1.77. The molecule has 2 N–H and O–H groups in total. The van der Waals surface area contributed by atoms with E-state index in [2.05, 4.69) is 9.68 Å². The van der Waals surface area contributed by atoms with Gasteiger partial charge in [0, 0.05) is 17.5 Å². The van der Waals surface area contributed by atoms with Crippen molar-refractivity contribution in [3.8, 4) is 0 Å². The van der Waals surface area contributed by atoms with Crippen LogP contribution in [0.25, 0.3) is 10.8 Å². The summed E-state index contributed by atoms with van der Waals surface area (Å²) in [5.41, 5.74) is -7.97. The summed E-state index contributed by atoms with van der Waals surface area (Å²) in [5.74, 6) is -1.84. The molecule has 1 unspecified atom stereocenters. The number of hydrogen-bond donors (Lipinski definition) is 2. The lowest BCUT2D eigenvalue weighted by Crippen LogP contribution is -2.58. The molecule has 1 fully saturated rings. The average Bonchev–Trinajstić information content (AvgIpc) is 2.85. The molecular weight excluding hydrogens is 518 g/mol. The highest BCUT2D eigenvalue weighted by atomic mass is 19.4. The van der Waals surface area contributed by atoms with Gasteiger partial charge in [-0.05, 0) is 55.0 Å². The second-order valence-electron chi connectivity index (χ2n) is 9.69. The van der Waals surface area contributed by atoms with E-state index >= 15 is 0 Å². The number of aromatic nitrogens is 1. The summed E-state index contributed by atoms with van der Waals surface area (Å²) < 4.78 is 89.4. The molecule has 0 spiro atoms. The van der Waals surface area contributed by atoms with Crippen LogP contribution in [0.1, 0.15) is 55.3 Å². The van der Waals surface area contributed by atoms with E-state index in [1.165, 1.54) is 25.1 Å². The Morgan fingerprint density at radius 3 is 2.32 bits per heavy atom. The summed E-state index contributed by atoms with van der Waals surface area (Å²) in [4.78, 5) is 25.0. The maximum Gasteiger partial charge on any atom is 0.426 e. The van der Waals surface area contributed by atoms with Crippen LogP contribution in [0.2, 0.25) is 0 Å². The fraction of sp³-hybridized carbons (Fsp3) is 0.423. The monoisotopic (exact) mass is 542 g/mol. The maximum absolute atomic E-state index is 14.4. The molecule has 38 heavy (non-hydrogen) atoms. The molecule has 1 aliphatic rings. The third-order valence-electron chi connectivity index (χ3n) is 7.21. The lowest BCUT2D eigenvalue weighted by Gasteiger charge is -2.44. The van der Waals surface area contributed by atoms with E-state index in [0.717, 1.165) is 24.3 Å². The van der Waals surface area contributed by atoms with Crippen LogP contribution in [0.4, 0.5) is 32.0 Å². The number of nitrogens with one attached hydrogen (secondary N) is 1. The average molecular weight is 542 g/mol. The Morgan fingerprint density at radius 1 is 1.03 bits per heavy atom. The van der Waals surface area contributed by atoms with Crippen molar-refractivity contribution in [3.63, 3.8) is 0 Å². The number of amides is 1. The van der Waals surface area contributed by atoms with Gasteiger partial charge in [-0.15, -0.1) is 0 Å². The van der Waals surface area contributed by atoms with Crippen LogP contribution in [0.3, 0.4) is 0 Å². The smallest absolute Gasteiger partial charge is 0.373 e. The van der Waals surface area contributed by atoms with Crippen molar-refractivity contribution in [1.82, 2.24) is 5.16 Å². The van der Waals surface area contributed by atoms with Crippen molar-refractivity contribution in [1.29, 1.82) is 0 Å². The van der Waals surface area contributed by atoms with Gasteiger partial charge in [-0.1, -0.05) is 42.6 Å². The predicted molar refractivity (Wildman–Crippen MR) is 125 cm³/mol. The van der Waals surface area contributed by atoms with E-state index < -0.39 is 46.9 Å². The SMILES string of the molecule is Cc1noc(=O)c2ccc(NC(=O)C(O)(CC3(c4ccccc4C(F)(F)F)CCCCC3)C(F)(F)F)cc12. The number of aliphatic hydroxyl groups is 1. The first-order valence-electron chi connectivity index (χ1n) is 11.9. The molecule has 1 heterocycles. The minimum atomic E-state index is -5.51. The molecule has 3 aromatic rings. The van der Waals surface area contributed by atoms with E-state index in [0.29, 0.717) is 19.3 Å². The summed E-state index contributed by atoms with van der Waals surface area (Å²) >= 11 is 0. The van der Waals surface area contributed by atoms with Gasteiger partial charge in [-0.25, -0.2) is 4.79 Å². The number of carbonyl (C=O) groups is 1. The summed E-state index contributed by atoms with van der Waals surface area (Å²) in [7, 11) is 0. The van der Waals surface area contributed by atoms with Gasteiger partial charge in [-0.2, -0.15) is 26.3 Å². The van der Waals surface area contributed by atoms with Crippen LogP contribution >= 0.6 is 0 Å². The molecule has 1 saturated carbocycles. The summed E-state index contributed by atoms with van der Waals surface area (Å²) in [5, 5.41) is 16.8.